The average Bonchev–Trinajstić information content (AvgIpc) is 3.17. The van der Waals surface area contributed by atoms with Crippen molar-refractivity contribution in [2.75, 3.05) is 12.4 Å². The monoisotopic (exact) mass is 426 g/mol. The largest absolute Gasteiger partial charge is 0.490 e. The van der Waals surface area contributed by atoms with E-state index in [1.165, 1.54) is 18.3 Å². The fourth-order valence-electron chi connectivity index (χ4n) is 2.55. The van der Waals surface area contributed by atoms with Crippen LogP contribution in [0.15, 0.2) is 35.0 Å². The predicted octanol–water partition coefficient (Wildman–Crippen LogP) is 5.69. The van der Waals surface area contributed by atoms with Crippen molar-refractivity contribution in [1.29, 1.82) is 0 Å². The molecule has 2 aromatic heterocycles. The third-order valence-corrected chi connectivity index (χ3v) is 4.40. The number of pyridine rings is 1. The third-order valence-electron chi connectivity index (χ3n) is 4.19. The Bertz CT molecular complexity index is 1010. The Kier molecular flexibility index (Phi) is 5.97. The first kappa shape index (κ1) is 20.9. The molecule has 154 valence electrons. The first-order chi connectivity index (χ1) is 13.7. The maximum Gasteiger partial charge on any atom is 0.419 e. The van der Waals surface area contributed by atoms with Crippen molar-refractivity contribution in [2.45, 2.75) is 32.5 Å². The number of nitrogens with zero attached hydrogens (tertiary/aromatic N) is 3. The lowest BCUT2D eigenvalue weighted by Gasteiger charge is -2.18. The maximum absolute atomic E-state index is 13.5. The van der Waals surface area contributed by atoms with Crippen molar-refractivity contribution in [1.82, 2.24) is 15.1 Å². The number of halogens is 4. The lowest BCUT2D eigenvalue weighted by molar-refractivity contribution is -0.139. The van der Waals surface area contributed by atoms with Crippen molar-refractivity contribution < 1.29 is 22.4 Å². The molecule has 0 radical (unpaired) electrons. The Labute approximate surface area is 170 Å². The molecule has 0 bridgehead atoms. The predicted molar refractivity (Wildman–Crippen MR) is 103 cm³/mol. The van der Waals surface area contributed by atoms with Crippen LogP contribution in [-0.4, -0.2) is 28.3 Å². The van der Waals surface area contributed by atoms with Crippen LogP contribution in [0, 0.1) is 0 Å². The zero-order chi connectivity index (χ0) is 21.2. The number of benzene rings is 1. The number of rotatable bonds is 6. The molecule has 1 N–H and O–H groups in total. The number of alkyl halides is 3. The zero-order valence-electron chi connectivity index (χ0n) is 15.8. The van der Waals surface area contributed by atoms with E-state index >= 15 is 0 Å². The third kappa shape index (κ3) is 4.61. The summed E-state index contributed by atoms with van der Waals surface area (Å²) in [5, 5.41) is 7.08. The molecule has 0 fully saturated rings. The second-order valence-corrected chi connectivity index (χ2v) is 6.70. The summed E-state index contributed by atoms with van der Waals surface area (Å²) in [5.41, 5.74) is -0.327. The van der Waals surface area contributed by atoms with E-state index in [2.05, 4.69) is 20.4 Å². The molecular weight excluding hydrogens is 409 g/mol. The zero-order valence-corrected chi connectivity index (χ0v) is 16.6. The van der Waals surface area contributed by atoms with Gasteiger partial charge in [-0.05, 0) is 37.6 Å². The van der Waals surface area contributed by atoms with Crippen LogP contribution in [-0.2, 0) is 6.18 Å². The number of hydrogen-bond acceptors (Lipinski definition) is 6. The highest BCUT2D eigenvalue weighted by atomic mass is 35.5. The van der Waals surface area contributed by atoms with Crippen molar-refractivity contribution in [3.63, 3.8) is 0 Å². The summed E-state index contributed by atoms with van der Waals surface area (Å²) in [6.07, 6.45) is -2.93. The van der Waals surface area contributed by atoms with Crippen molar-refractivity contribution in [3.8, 4) is 28.6 Å². The topological polar surface area (TPSA) is 73.1 Å². The molecule has 1 atom stereocenters. The SMILES string of the molecule is CC[C@H](C)Oc1ccc(-c2nc(-c3cc(Cl)cnc3NC)no2)cc1C(F)(F)F. The maximum atomic E-state index is 13.5. The second kappa shape index (κ2) is 8.28. The molecule has 3 aromatic rings. The molecule has 2 heterocycles. The Morgan fingerprint density at radius 3 is 2.69 bits per heavy atom. The molecule has 3 rings (SSSR count). The molecule has 0 amide bonds. The minimum absolute atomic E-state index is 0.0670. The summed E-state index contributed by atoms with van der Waals surface area (Å²) in [6.45, 7) is 3.53. The Morgan fingerprint density at radius 2 is 2.03 bits per heavy atom. The van der Waals surface area contributed by atoms with E-state index in [0.717, 1.165) is 6.07 Å². The van der Waals surface area contributed by atoms with Gasteiger partial charge in [0.15, 0.2) is 0 Å². The van der Waals surface area contributed by atoms with Gasteiger partial charge < -0.3 is 14.6 Å². The van der Waals surface area contributed by atoms with Crippen LogP contribution in [0.5, 0.6) is 5.75 Å². The summed E-state index contributed by atoms with van der Waals surface area (Å²) in [4.78, 5) is 8.32. The fraction of sp³-hybridized carbons (Fsp3) is 0.316. The summed E-state index contributed by atoms with van der Waals surface area (Å²) in [5.74, 6) is 0.289. The highest BCUT2D eigenvalue weighted by molar-refractivity contribution is 6.30. The Hall–Kier alpha value is -2.81. The summed E-state index contributed by atoms with van der Waals surface area (Å²) >= 11 is 5.97. The minimum Gasteiger partial charge on any atom is -0.490 e. The van der Waals surface area contributed by atoms with Gasteiger partial charge in [-0.2, -0.15) is 18.2 Å². The van der Waals surface area contributed by atoms with Crippen LogP contribution in [0.25, 0.3) is 22.8 Å². The van der Waals surface area contributed by atoms with Crippen LogP contribution in [0.2, 0.25) is 5.02 Å². The quantitative estimate of drug-likeness (QED) is 0.546. The smallest absolute Gasteiger partial charge is 0.419 e. The lowest BCUT2D eigenvalue weighted by Crippen LogP contribution is -2.15. The van der Waals surface area contributed by atoms with Gasteiger partial charge in [0, 0.05) is 18.8 Å². The van der Waals surface area contributed by atoms with Crippen molar-refractivity contribution >= 4 is 17.4 Å². The number of nitrogens with one attached hydrogen (secondary N) is 1. The minimum atomic E-state index is -4.60. The van der Waals surface area contributed by atoms with Crippen LogP contribution < -0.4 is 10.1 Å². The highest BCUT2D eigenvalue weighted by Crippen LogP contribution is 2.39. The van der Waals surface area contributed by atoms with Gasteiger partial charge in [0.2, 0.25) is 5.82 Å². The van der Waals surface area contributed by atoms with Gasteiger partial charge in [-0.1, -0.05) is 23.7 Å². The van der Waals surface area contributed by atoms with E-state index in [-0.39, 0.29) is 29.1 Å². The van der Waals surface area contributed by atoms with Gasteiger partial charge in [-0.25, -0.2) is 4.98 Å². The number of hydrogen-bond donors (Lipinski definition) is 1. The van der Waals surface area contributed by atoms with Gasteiger partial charge in [0.25, 0.3) is 5.89 Å². The Balaban J connectivity index is 2.01. The van der Waals surface area contributed by atoms with Crippen molar-refractivity contribution in [3.05, 3.63) is 41.0 Å². The summed E-state index contributed by atoms with van der Waals surface area (Å²) in [6, 6.07) is 5.22. The molecule has 10 heteroatoms. The highest BCUT2D eigenvalue weighted by Gasteiger charge is 2.35. The first-order valence-corrected chi connectivity index (χ1v) is 9.16. The standard InChI is InChI=1S/C19H18ClF3N4O2/c1-4-10(2)28-15-6-5-11(7-14(15)19(21,22)23)18-26-17(27-29-18)13-8-12(20)9-25-16(13)24-3/h5-10H,4H2,1-3H3,(H,24,25)/t10-/m0/s1. The van der Waals surface area contributed by atoms with E-state index in [0.29, 0.717) is 22.8 Å². The van der Waals surface area contributed by atoms with E-state index in [1.54, 1.807) is 20.0 Å². The average molecular weight is 427 g/mol. The molecule has 0 saturated carbocycles. The first-order valence-electron chi connectivity index (χ1n) is 8.78. The van der Waals surface area contributed by atoms with Gasteiger partial charge >= 0.3 is 6.18 Å². The summed E-state index contributed by atoms with van der Waals surface area (Å²) in [7, 11) is 1.66. The van der Waals surface area contributed by atoms with Crippen LogP contribution in [0.1, 0.15) is 25.8 Å². The molecule has 0 spiro atoms. The van der Waals surface area contributed by atoms with E-state index in [1.807, 2.05) is 6.92 Å². The Morgan fingerprint density at radius 1 is 1.28 bits per heavy atom. The second-order valence-electron chi connectivity index (χ2n) is 6.27. The molecule has 1 aromatic carbocycles. The number of aromatic nitrogens is 3. The summed E-state index contributed by atoms with van der Waals surface area (Å²) < 4.78 is 51.2. The van der Waals surface area contributed by atoms with Crippen LogP contribution >= 0.6 is 11.6 Å². The van der Waals surface area contributed by atoms with Gasteiger partial charge in [-0.3, -0.25) is 0 Å². The van der Waals surface area contributed by atoms with Crippen LogP contribution in [0.3, 0.4) is 0 Å². The van der Waals surface area contributed by atoms with Gasteiger partial charge in [0.1, 0.15) is 11.6 Å². The van der Waals surface area contributed by atoms with E-state index in [4.69, 9.17) is 20.9 Å². The number of ether oxygens (including phenoxy) is 1. The molecule has 29 heavy (non-hydrogen) atoms. The van der Waals surface area contributed by atoms with E-state index < -0.39 is 11.7 Å². The van der Waals surface area contributed by atoms with Crippen molar-refractivity contribution in [2.24, 2.45) is 0 Å². The van der Waals surface area contributed by atoms with Gasteiger partial charge in [-0.15, -0.1) is 0 Å². The fourth-order valence-corrected chi connectivity index (χ4v) is 2.70. The molecule has 0 aliphatic carbocycles. The lowest BCUT2D eigenvalue weighted by atomic mass is 10.1. The molecule has 6 nitrogen and oxygen atoms in total. The molecule has 0 unspecified atom stereocenters. The normalized spacial score (nSPS) is 12.7. The molecule has 0 aliphatic heterocycles. The van der Waals surface area contributed by atoms with Gasteiger partial charge in [0.05, 0.1) is 22.3 Å². The molecule has 0 saturated heterocycles. The van der Waals surface area contributed by atoms with E-state index in [9.17, 15) is 13.2 Å². The number of anilines is 1. The van der Waals surface area contributed by atoms with Crippen LogP contribution in [0.4, 0.5) is 19.0 Å². The molecular formula is C19H18ClF3N4O2. The molecule has 0 aliphatic rings.